The Kier molecular flexibility index (Phi) is 9.81. The zero-order valence-corrected chi connectivity index (χ0v) is 15.8. The molecular weight excluding hydrogens is 363 g/mol. The normalized spacial score (nSPS) is 39.3. The van der Waals surface area contributed by atoms with E-state index in [2.05, 4.69) is 6.92 Å². The quantitative estimate of drug-likeness (QED) is 0.347. The molecule has 0 spiro atoms. The lowest BCUT2D eigenvalue weighted by Gasteiger charge is -2.24. The molecule has 0 aromatic rings. The topological polar surface area (TPSA) is 118 Å². The van der Waals surface area contributed by atoms with Gasteiger partial charge >= 0.3 is 0 Å². The molecular formula is C18H33FO8. The molecule has 2 aliphatic heterocycles. The molecule has 2 aliphatic rings. The number of ether oxygens (including phenoxy) is 4. The molecule has 27 heavy (non-hydrogen) atoms. The van der Waals surface area contributed by atoms with Crippen LogP contribution in [0.5, 0.6) is 0 Å². The number of rotatable bonds is 12. The lowest BCUT2D eigenvalue weighted by Crippen LogP contribution is -2.43. The molecule has 0 amide bonds. The van der Waals surface area contributed by atoms with Crippen LogP contribution in [0.25, 0.3) is 0 Å². The number of hydrogen-bond acceptors (Lipinski definition) is 8. The van der Waals surface area contributed by atoms with Gasteiger partial charge in [-0.3, -0.25) is 0 Å². The van der Waals surface area contributed by atoms with E-state index in [1.165, 1.54) is 19.3 Å². The van der Waals surface area contributed by atoms with Gasteiger partial charge < -0.3 is 39.4 Å². The Labute approximate surface area is 159 Å². The first-order valence-electron chi connectivity index (χ1n) is 9.82. The molecule has 8 atom stereocenters. The van der Waals surface area contributed by atoms with Crippen LogP contribution in [-0.4, -0.2) is 89.5 Å². The molecule has 0 aromatic heterocycles. The van der Waals surface area contributed by atoms with Gasteiger partial charge in [-0.1, -0.05) is 39.0 Å². The van der Waals surface area contributed by atoms with E-state index in [1.54, 1.807) is 0 Å². The molecule has 160 valence electrons. The van der Waals surface area contributed by atoms with Gasteiger partial charge in [0.05, 0.1) is 6.61 Å². The van der Waals surface area contributed by atoms with Crippen molar-refractivity contribution < 1.29 is 43.8 Å². The Balaban J connectivity index is 1.78. The van der Waals surface area contributed by atoms with Crippen LogP contribution in [0.4, 0.5) is 4.39 Å². The summed E-state index contributed by atoms with van der Waals surface area (Å²) in [5.41, 5.74) is 0. The minimum Gasteiger partial charge on any atom is -0.394 e. The molecule has 0 aromatic carbocycles. The second-order valence-electron chi connectivity index (χ2n) is 7.13. The molecule has 9 heteroatoms. The predicted octanol–water partition coefficient (Wildman–Crippen LogP) is 0.243. The average Bonchev–Trinajstić information content (AvgIpc) is 3.12. The van der Waals surface area contributed by atoms with Gasteiger partial charge in [0.2, 0.25) is 0 Å². The van der Waals surface area contributed by atoms with Crippen LogP contribution >= 0.6 is 0 Å². The Morgan fingerprint density at radius 3 is 2.15 bits per heavy atom. The summed E-state index contributed by atoms with van der Waals surface area (Å²) in [5.74, 6) is 0. The van der Waals surface area contributed by atoms with Crippen LogP contribution in [0.15, 0.2) is 0 Å². The van der Waals surface area contributed by atoms with Crippen LogP contribution in [0.2, 0.25) is 0 Å². The molecule has 2 saturated heterocycles. The summed E-state index contributed by atoms with van der Waals surface area (Å²) < 4.78 is 34.4. The second kappa shape index (κ2) is 11.6. The molecule has 0 bridgehead atoms. The SMILES string of the molecule is CCCCCCCCO[C@H]1O[C@H](CO)[C@@H](O[C@H]2O[C@H](CF)[C@@H](O)[C@@H]2O)[C@@H]1O. The molecule has 0 unspecified atom stereocenters. The van der Waals surface area contributed by atoms with Crippen molar-refractivity contribution in [1.82, 2.24) is 0 Å². The first kappa shape index (κ1) is 22.9. The van der Waals surface area contributed by atoms with Gasteiger partial charge in [-0.05, 0) is 6.42 Å². The first-order chi connectivity index (χ1) is 13.0. The zero-order chi connectivity index (χ0) is 19.8. The fourth-order valence-corrected chi connectivity index (χ4v) is 3.35. The number of aliphatic hydroxyl groups is 4. The van der Waals surface area contributed by atoms with Crippen molar-refractivity contribution in [3.05, 3.63) is 0 Å². The average molecular weight is 396 g/mol. The van der Waals surface area contributed by atoms with Crippen molar-refractivity contribution in [2.45, 2.75) is 94.7 Å². The molecule has 2 fully saturated rings. The molecule has 8 nitrogen and oxygen atoms in total. The van der Waals surface area contributed by atoms with Gasteiger partial charge in [0.25, 0.3) is 0 Å². The lowest BCUT2D eigenvalue weighted by molar-refractivity contribution is -0.214. The number of hydrogen-bond donors (Lipinski definition) is 4. The Hall–Kier alpha value is -0.390. The van der Waals surface area contributed by atoms with Crippen molar-refractivity contribution >= 4 is 0 Å². The minimum atomic E-state index is -1.46. The van der Waals surface area contributed by atoms with Crippen LogP contribution in [0, 0.1) is 0 Å². The maximum atomic E-state index is 12.8. The summed E-state index contributed by atoms with van der Waals surface area (Å²) in [6.07, 6.45) is -2.91. The van der Waals surface area contributed by atoms with Crippen molar-refractivity contribution in [2.24, 2.45) is 0 Å². The summed E-state index contributed by atoms with van der Waals surface area (Å²) in [4.78, 5) is 0. The van der Waals surface area contributed by atoms with Crippen LogP contribution in [-0.2, 0) is 18.9 Å². The van der Waals surface area contributed by atoms with Gasteiger partial charge in [-0.25, -0.2) is 4.39 Å². The second-order valence-corrected chi connectivity index (χ2v) is 7.13. The molecule has 0 aliphatic carbocycles. The van der Waals surface area contributed by atoms with E-state index in [4.69, 9.17) is 18.9 Å². The van der Waals surface area contributed by atoms with Crippen LogP contribution < -0.4 is 0 Å². The molecule has 0 saturated carbocycles. The molecule has 4 N–H and O–H groups in total. The summed E-state index contributed by atoms with van der Waals surface area (Å²) in [6.45, 7) is 1.15. The van der Waals surface area contributed by atoms with Gasteiger partial charge in [-0.15, -0.1) is 0 Å². The fraction of sp³-hybridized carbons (Fsp3) is 1.00. The highest BCUT2D eigenvalue weighted by Crippen LogP contribution is 2.30. The summed E-state index contributed by atoms with van der Waals surface area (Å²) >= 11 is 0. The van der Waals surface area contributed by atoms with Crippen molar-refractivity contribution in [3.63, 3.8) is 0 Å². The predicted molar refractivity (Wildman–Crippen MR) is 92.6 cm³/mol. The van der Waals surface area contributed by atoms with E-state index in [1.807, 2.05) is 0 Å². The van der Waals surface area contributed by atoms with Crippen molar-refractivity contribution in [3.8, 4) is 0 Å². The maximum Gasteiger partial charge on any atom is 0.187 e. The first-order valence-corrected chi connectivity index (χ1v) is 9.82. The van der Waals surface area contributed by atoms with E-state index in [9.17, 15) is 24.8 Å². The van der Waals surface area contributed by atoms with Gasteiger partial charge in [0, 0.05) is 6.61 Å². The standard InChI is InChI=1S/C18H33FO8/c1-2-3-4-5-6-7-8-24-17-15(23)16(12(10-20)26-17)27-18-14(22)13(21)11(9-19)25-18/h11-18,20-23H,2-10H2,1H3/t11-,12-,13-,14+,15+,16-,17+,18-/m1/s1. The van der Waals surface area contributed by atoms with E-state index in [-0.39, 0.29) is 0 Å². The highest BCUT2D eigenvalue weighted by molar-refractivity contribution is 4.92. The molecule has 2 rings (SSSR count). The van der Waals surface area contributed by atoms with Crippen LogP contribution in [0.3, 0.4) is 0 Å². The van der Waals surface area contributed by atoms with Crippen LogP contribution in [0.1, 0.15) is 45.4 Å². The monoisotopic (exact) mass is 396 g/mol. The number of alkyl halides is 1. The van der Waals surface area contributed by atoms with Gasteiger partial charge in [-0.2, -0.15) is 0 Å². The van der Waals surface area contributed by atoms with E-state index >= 15 is 0 Å². The number of unbranched alkanes of at least 4 members (excludes halogenated alkanes) is 5. The van der Waals surface area contributed by atoms with E-state index in [0.29, 0.717) is 6.61 Å². The van der Waals surface area contributed by atoms with Gasteiger partial charge in [0.15, 0.2) is 12.6 Å². The Bertz CT molecular complexity index is 415. The smallest absolute Gasteiger partial charge is 0.187 e. The minimum absolute atomic E-state index is 0.407. The van der Waals surface area contributed by atoms with E-state index < -0.39 is 62.5 Å². The maximum absolute atomic E-state index is 12.8. The highest BCUT2D eigenvalue weighted by Gasteiger charge is 2.50. The largest absolute Gasteiger partial charge is 0.394 e. The van der Waals surface area contributed by atoms with Crippen molar-refractivity contribution in [1.29, 1.82) is 0 Å². The third-order valence-corrected chi connectivity index (χ3v) is 5.01. The molecule has 2 heterocycles. The third kappa shape index (κ3) is 6.04. The number of halogens is 1. The number of aliphatic hydroxyl groups excluding tert-OH is 4. The summed E-state index contributed by atoms with van der Waals surface area (Å²) in [7, 11) is 0. The molecule has 0 radical (unpaired) electrons. The Morgan fingerprint density at radius 2 is 1.52 bits per heavy atom. The third-order valence-electron chi connectivity index (χ3n) is 5.01. The van der Waals surface area contributed by atoms with Gasteiger partial charge in [0.1, 0.15) is 43.3 Å². The highest BCUT2D eigenvalue weighted by atomic mass is 19.1. The van der Waals surface area contributed by atoms with E-state index in [0.717, 1.165) is 19.3 Å². The van der Waals surface area contributed by atoms with Crippen molar-refractivity contribution in [2.75, 3.05) is 19.9 Å². The Morgan fingerprint density at radius 1 is 0.852 bits per heavy atom. The summed E-state index contributed by atoms with van der Waals surface area (Å²) in [6, 6.07) is 0. The zero-order valence-electron chi connectivity index (χ0n) is 15.8. The lowest BCUT2D eigenvalue weighted by atomic mass is 10.1. The fourth-order valence-electron chi connectivity index (χ4n) is 3.35. The summed E-state index contributed by atoms with van der Waals surface area (Å²) in [5, 5.41) is 39.5.